The normalized spacial score (nSPS) is 18.9. The van der Waals surface area contributed by atoms with Gasteiger partial charge in [0.1, 0.15) is 17.1 Å². The Labute approximate surface area is 338 Å². The van der Waals surface area contributed by atoms with Crippen LogP contribution >= 0.6 is 0 Å². The summed E-state index contributed by atoms with van der Waals surface area (Å²) in [5.74, 6) is -1.97. The van der Waals surface area contributed by atoms with E-state index in [-0.39, 0.29) is 58.6 Å². The van der Waals surface area contributed by atoms with Crippen molar-refractivity contribution < 1.29 is 81.6 Å². The molecule has 3 heterocycles. The molecule has 2 aromatic rings. The maximum atomic E-state index is 11.2. The topological polar surface area (TPSA) is 203 Å². The summed E-state index contributed by atoms with van der Waals surface area (Å²) in [6, 6.07) is 16.6. The molecule has 3 aliphatic heterocycles. The van der Waals surface area contributed by atoms with Gasteiger partial charge in [-0.15, -0.1) is 0 Å². The first-order valence-electron chi connectivity index (χ1n) is 17.3. The minimum absolute atomic E-state index is 0.0153. The van der Waals surface area contributed by atoms with E-state index >= 15 is 0 Å². The third-order valence-corrected chi connectivity index (χ3v) is 9.96. The summed E-state index contributed by atoms with van der Waals surface area (Å²) < 4.78 is 22.1. The second kappa shape index (κ2) is 25.1. The fourth-order valence-electron chi connectivity index (χ4n) is 4.18. The second-order valence-electron chi connectivity index (χ2n) is 13.3. The molecule has 0 aromatic heterocycles. The monoisotopic (exact) mass is 829 g/mol. The first-order valence-corrected chi connectivity index (χ1v) is 19.1. The number of carbonyl (C=O) groups excluding carboxylic acids is 2. The van der Waals surface area contributed by atoms with Gasteiger partial charge in [-0.25, -0.2) is 19.2 Å². The van der Waals surface area contributed by atoms with E-state index in [9.17, 15) is 24.0 Å². The molecule has 301 valence electrons. The molecule has 14 heteroatoms. The van der Waals surface area contributed by atoms with Crippen molar-refractivity contribution in [1.82, 2.24) is 0 Å². The molecule has 5 atom stereocenters. The summed E-state index contributed by atoms with van der Waals surface area (Å²) in [4.78, 5) is 51.0. The van der Waals surface area contributed by atoms with E-state index < -0.39 is 23.9 Å². The average molecular weight is 831 g/mol. The van der Waals surface area contributed by atoms with Crippen LogP contribution in [0.3, 0.4) is 0 Å². The van der Waals surface area contributed by atoms with Gasteiger partial charge in [-0.2, -0.15) is 0 Å². The quantitative estimate of drug-likeness (QED) is 0.0825. The van der Waals surface area contributed by atoms with Gasteiger partial charge < -0.3 is 29.9 Å². The standard InChI is InChI=1S/C13H18O.C10H10O3.C7H7O3.3C4H6O2.Zn/c1-5-11-7-9-12(10-8-11)14-13(3,4)6-2;1-8(7-11)10(12)13-9-5-3-2-4-6-9;8-7-4-1-3-2-5(10-7)6(4)9-3;3*1-3(2)4(5)6;/h5,7-10H,1,6H2,2-4H3;2-6,11H,1,7H2;2-6H,1H2;3*1H2,2H3,(H,5,6);. The van der Waals surface area contributed by atoms with E-state index in [1.807, 2.05) is 36.4 Å². The van der Waals surface area contributed by atoms with E-state index in [1.165, 1.54) is 39.1 Å². The molecule has 0 spiro atoms. The van der Waals surface area contributed by atoms with Crippen LogP contribution in [0.1, 0.15) is 59.9 Å². The number of carboxylic acid groups (broad SMARTS) is 3. The number of ether oxygens (including phenoxy) is 4. The van der Waals surface area contributed by atoms with Gasteiger partial charge in [0, 0.05) is 16.7 Å². The van der Waals surface area contributed by atoms with E-state index in [0.717, 1.165) is 24.2 Å². The Kier molecular flexibility index (Phi) is 22.8. The van der Waals surface area contributed by atoms with Crippen LogP contribution in [0.5, 0.6) is 11.5 Å². The Balaban J connectivity index is 0.000000674. The summed E-state index contributed by atoms with van der Waals surface area (Å²) in [5, 5.41) is 32.3. The number of para-hydroxylation sites is 1. The number of aliphatic hydroxyl groups excluding tert-OH is 1. The van der Waals surface area contributed by atoms with Gasteiger partial charge in [0.05, 0.1) is 12.2 Å². The Morgan fingerprint density at radius 3 is 1.66 bits per heavy atom. The Bertz CT molecular complexity index is 1600. The molecule has 5 unspecified atom stereocenters. The molecule has 13 nitrogen and oxygen atoms in total. The van der Waals surface area contributed by atoms with Crippen LogP contribution in [0.15, 0.2) is 110 Å². The van der Waals surface area contributed by atoms with Crippen LogP contribution in [-0.4, -0.2) is 80.8 Å². The Hall–Kier alpha value is -5.17. The number of aliphatic hydroxyl groups is 1. The van der Waals surface area contributed by atoms with Crippen molar-refractivity contribution in [2.24, 2.45) is 5.92 Å². The fraction of sp³-hybridized carbons (Fsp3) is 0.357. The first kappa shape index (κ1) is 50.8. The summed E-state index contributed by atoms with van der Waals surface area (Å²) in [5.41, 5.74) is 1.60. The van der Waals surface area contributed by atoms with Gasteiger partial charge in [-0.1, -0.05) is 76.2 Å². The molecule has 0 radical (unpaired) electrons. The van der Waals surface area contributed by atoms with Crippen LogP contribution in [0.2, 0.25) is 4.51 Å². The van der Waals surface area contributed by atoms with Crippen molar-refractivity contribution in [3.05, 3.63) is 115 Å². The number of carbonyl (C=O) groups is 5. The van der Waals surface area contributed by atoms with Crippen molar-refractivity contribution in [2.45, 2.75) is 82.8 Å². The van der Waals surface area contributed by atoms with Gasteiger partial charge in [-0.05, 0) is 70.9 Å². The van der Waals surface area contributed by atoms with Crippen molar-refractivity contribution in [3.63, 3.8) is 0 Å². The van der Waals surface area contributed by atoms with E-state index in [4.69, 9.17) is 39.4 Å². The first-order chi connectivity index (χ1) is 26.0. The number of hydrogen-bond acceptors (Lipinski definition) is 10. The molecule has 5 rings (SSSR count). The summed E-state index contributed by atoms with van der Waals surface area (Å²) in [6.45, 7) is 26.8. The molecule has 2 aromatic carbocycles. The average Bonchev–Trinajstić information content (AvgIpc) is 3.79. The number of benzene rings is 2. The molecular formula is C42H53O13Zn. The van der Waals surface area contributed by atoms with Crippen LogP contribution in [0, 0.1) is 5.92 Å². The molecule has 3 saturated heterocycles. The number of aliphatic carboxylic acids is 3. The minimum atomic E-state index is -0.935. The molecule has 2 bridgehead atoms. The maximum absolute atomic E-state index is 11.2. The van der Waals surface area contributed by atoms with Gasteiger partial charge in [0.2, 0.25) is 0 Å². The predicted molar refractivity (Wildman–Crippen MR) is 208 cm³/mol. The fourth-order valence-corrected chi connectivity index (χ4v) is 5.58. The third-order valence-electron chi connectivity index (χ3n) is 7.88. The van der Waals surface area contributed by atoms with E-state index in [1.54, 1.807) is 24.3 Å². The van der Waals surface area contributed by atoms with Crippen molar-refractivity contribution in [2.75, 3.05) is 6.61 Å². The number of fused-ring (bicyclic) bond motifs is 1. The number of carboxylic acids is 3. The van der Waals surface area contributed by atoms with Crippen LogP contribution < -0.4 is 9.47 Å². The zero-order chi connectivity index (χ0) is 43.3. The van der Waals surface area contributed by atoms with Gasteiger partial charge in [0.25, 0.3) is 0 Å². The molecule has 56 heavy (non-hydrogen) atoms. The predicted octanol–water partition coefficient (Wildman–Crippen LogP) is 7.01. The third kappa shape index (κ3) is 18.9. The molecule has 0 aliphatic carbocycles. The summed E-state index contributed by atoms with van der Waals surface area (Å²) >= 11 is 1.19. The van der Waals surface area contributed by atoms with Crippen molar-refractivity contribution in [1.29, 1.82) is 0 Å². The SMILES string of the molecule is C=C(C)C(=O)O.C=C(C)C(=O)O.C=C(C)C(=O)O.C=C(CO)C(=O)Oc1ccccc1.C=Cc1ccc(OC(C)(C)CC)cc1.O=C1OC2[CH]([Zn])C3CC1C2O3. The van der Waals surface area contributed by atoms with Crippen molar-refractivity contribution >= 4 is 35.9 Å². The summed E-state index contributed by atoms with van der Waals surface area (Å²) in [7, 11) is 0. The molecule has 0 amide bonds. The Morgan fingerprint density at radius 2 is 1.30 bits per heavy atom. The molecule has 3 fully saturated rings. The zero-order valence-electron chi connectivity index (χ0n) is 33.0. The second-order valence-corrected chi connectivity index (χ2v) is 15.2. The van der Waals surface area contributed by atoms with Gasteiger partial charge in [0.15, 0.2) is 0 Å². The molecule has 3 aliphatic rings. The van der Waals surface area contributed by atoms with E-state index in [0.29, 0.717) is 16.4 Å². The van der Waals surface area contributed by atoms with Crippen LogP contribution in [0.4, 0.5) is 0 Å². The number of rotatable bonds is 10. The zero-order valence-corrected chi connectivity index (χ0v) is 36.0. The molecule has 4 N–H and O–H groups in total. The van der Waals surface area contributed by atoms with E-state index in [2.05, 4.69) is 53.7 Å². The van der Waals surface area contributed by atoms with Crippen LogP contribution in [-0.2, 0) is 51.7 Å². The Morgan fingerprint density at radius 1 is 0.839 bits per heavy atom. The number of esters is 2. The van der Waals surface area contributed by atoms with Gasteiger partial charge in [-0.3, -0.25) is 0 Å². The molecular weight excluding hydrogens is 778 g/mol. The van der Waals surface area contributed by atoms with Gasteiger partial charge >= 0.3 is 97.6 Å². The molecule has 0 saturated carbocycles. The number of hydrogen-bond donors (Lipinski definition) is 4. The van der Waals surface area contributed by atoms with Crippen molar-refractivity contribution in [3.8, 4) is 11.5 Å². The van der Waals surface area contributed by atoms with Crippen LogP contribution in [0.25, 0.3) is 6.08 Å². The summed E-state index contributed by atoms with van der Waals surface area (Å²) in [6.07, 6.45) is 4.36.